The largest absolute Gasteiger partial charge is 0.480 e. The van der Waals surface area contributed by atoms with Gasteiger partial charge in [0.05, 0.1) is 0 Å². The van der Waals surface area contributed by atoms with Crippen LogP contribution in [-0.4, -0.2) is 11.1 Å². The van der Waals surface area contributed by atoms with Crippen molar-refractivity contribution in [1.82, 2.24) is 0 Å². The lowest BCUT2D eigenvalue weighted by atomic mass is 10.00. The molecule has 5 N–H and O–H groups in total. The zero-order chi connectivity index (χ0) is 10.0. The fourth-order valence-electron chi connectivity index (χ4n) is 1.25. The molecule has 0 spiro atoms. The SMILES string of the molecule is Cc1cccc(N)c1[C@H](N)C(=O)O. The van der Waals surface area contributed by atoms with Crippen molar-refractivity contribution in [3.05, 3.63) is 29.3 Å². The first-order valence-corrected chi connectivity index (χ1v) is 3.87. The van der Waals surface area contributed by atoms with Gasteiger partial charge in [-0.3, -0.25) is 4.79 Å². The lowest BCUT2D eigenvalue weighted by molar-refractivity contribution is -0.138. The lowest BCUT2D eigenvalue weighted by Gasteiger charge is -2.12. The van der Waals surface area contributed by atoms with E-state index in [9.17, 15) is 4.79 Å². The van der Waals surface area contributed by atoms with E-state index in [1.54, 1.807) is 25.1 Å². The number of carbonyl (C=O) groups is 1. The van der Waals surface area contributed by atoms with Crippen molar-refractivity contribution in [2.24, 2.45) is 5.73 Å². The van der Waals surface area contributed by atoms with Gasteiger partial charge in [0, 0.05) is 11.3 Å². The Hall–Kier alpha value is -1.55. The summed E-state index contributed by atoms with van der Waals surface area (Å²) in [6.07, 6.45) is 0. The third-order valence-corrected chi connectivity index (χ3v) is 1.93. The fourth-order valence-corrected chi connectivity index (χ4v) is 1.25. The van der Waals surface area contributed by atoms with Crippen LogP contribution in [0, 0.1) is 6.92 Å². The molecule has 0 saturated heterocycles. The Kier molecular flexibility index (Phi) is 2.53. The molecule has 0 unspecified atom stereocenters. The molecule has 1 aromatic rings. The van der Waals surface area contributed by atoms with E-state index < -0.39 is 12.0 Å². The number of aliphatic carboxylic acids is 1. The quantitative estimate of drug-likeness (QED) is 0.583. The Morgan fingerprint density at radius 2 is 2.15 bits per heavy atom. The van der Waals surface area contributed by atoms with E-state index in [0.29, 0.717) is 11.3 Å². The second-order valence-electron chi connectivity index (χ2n) is 2.89. The highest BCUT2D eigenvalue weighted by Gasteiger charge is 2.18. The third-order valence-electron chi connectivity index (χ3n) is 1.93. The average molecular weight is 180 g/mol. The van der Waals surface area contributed by atoms with Crippen molar-refractivity contribution in [2.75, 3.05) is 5.73 Å². The van der Waals surface area contributed by atoms with E-state index in [4.69, 9.17) is 16.6 Å². The summed E-state index contributed by atoms with van der Waals surface area (Å²) < 4.78 is 0. The molecule has 0 aromatic heterocycles. The van der Waals surface area contributed by atoms with Crippen molar-refractivity contribution in [3.63, 3.8) is 0 Å². The van der Waals surface area contributed by atoms with Crippen LogP contribution in [0.1, 0.15) is 17.2 Å². The van der Waals surface area contributed by atoms with Crippen LogP contribution in [0.2, 0.25) is 0 Å². The van der Waals surface area contributed by atoms with E-state index in [2.05, 4.69) is 0 Å². The van der Waals surface area contributed by atoms with Gasteiger partial charge in [-0.25, -0.2) is 0 Å². The average Bonchev–Trinajstić information content (AvgIpc) is 2.03. The molecule has 0 amide bonds. The Balaban J connectivity index is 3.20. The Morgan fingerprint density at radius 1 is 1.54 bits per heavy atom. The second-order valence-corrected chi connectivity index (χ2v) is 2.89. The molecule has 0 aliphatic carbocycles. The topological polar surface area (TPSA) is 89.3 Å². The highest BCUT2D eigenvalue weighted by molar-refractivity contribution is 5.78. The van der Waals surface area contributed by atoms with Crippen molar-refractivity contribution < 1.29 is 9.90 Å². The van der Waals surface area contributed by atoms with E-state index in [1.165, 1.54) is 0 Å². The molecule has 0 bridgehead atoms. The van der Waals surface area contributed by atoms with Crippen molar-refractivity contribution in [1.29, 1.82) is 0 Å². The Morgan fingerprint density at radius 3 is 2.62 bits per heavy atom. The van der Waals surface area contributed by atoms with Gasteiger partial charge in [0.25, 0.3) is 0 Å². The molecule has 0 aliphatic heterocycles. The minimum atomic E-state index is -1.07. The molecule has 1 rings (SSSR count). The predicted molar refractivity (Wildman–Crippen MR) is 50.2 cm³/mol. The lowest BCUT2D eigenvalue weighted by Crippen LogP contribution is -2.22. The molecule has 0 fully saturated rings. The van der Waals surface area contributed by atoms with Crippen molar-refractivity contribution in [3.8, 4) is 0 Å². The van der Waals surface area contributed by atoms with Gasteiger partial charge < -0.3 is 16.6 Å². The molecular weight excluding hydrogens is 168 g/mol. The zero-order valence-corrected chi connectivity index (χ0v) is 7.32. The first-order chi connectivity index (χ1) is 6.04. The van der Waals surface area contributed by atoms with Gasteiger partial charge in [0.2, 0.25) is 0 Å². The van der Waals surface area contributed by atoms with Gasteiger partial charge in [-0.05, 0) is 18.6 Å². The molecular formula is C9H12N2O2. The molecule has 4 heteroatoms. The summed E-state index contributed by atoms with van der Waals surface area (Å²) in [6.45, 7) is 1.79. The van der Waals surface area contributed by atoms with Gasteiger partial charge in [0.1, 0.15) is 6.04 Å². The maximum Gasteiger partial charge on any atom is 0.325 e. The molecule has 4 nitrogen and oxygen atoms in total. The third kappa shape index (κ3) is 1.78. The normalized spacial score (nSPS) is 12.5. The molecule has 1 aromatic carbocycles. The first kappa shape index (κ1) is 9.54. The van der Waals surface area contributed by atoms with Crippen LogP contribution in [0.3, 0.4) is 0 Å². The first-order valence-electron chi connectivity index (χ1n) is 3.87. The van der Waals surface area contributed by atoms with Crippen molar-refractivity contribution >= 4 is 11.7 Å². The van der Waals surface area contributed by atoms with Gasteiger partial charge in [-0.1, -0.05) is 12.1 Å². The number of aryl methyl sites for hydroxylation is 1. The monoisotopic (exact) mass is 180 g/mol. The minimum absolute atomic E-state index is 0.426. The number of carboxylic acids is 1. The standard InChI is InChI=1S/C9H12N2O2/c1-5-3-2-4-6(10)7(5)8(11)9(12)13/h2-4,8H,10-11H2,1H3,(H,12,13)/t8-/m0/s1. The molecule has 0 heterocycles. The van der Waals surface area contributed by atoms with E-state index in [1.807, 2.05) is 0 Å². The molecule has 70 valence electrons. The fraction of sp³-hybridized carbons (Fsp3) is 0.222. The number of nitrogen functional groups attached to an aromatic ring is 1. The predicted octanol–water partition coefficient (Wildman–Crippen LogP) is 0.662. The molecule has 13 heavy (non-hydrogen) atoms. The number of rotatable bonds is 2. The highest BCUT2D eigenvalue weighted by atomic mass is 16.4. The van der Waals surface area contributed by atoms with E-state index in [-0.39, 0.29) is 0 Å². The van der Waals surface area contributed by atoms with E-state index >= 15 is 0 Å². The number of hydrogen-bond acceptors (Lipinski definition) is 3. The van der Waals surface area contributed by atoms with E-state index in [0.717, 1.165) is 5.56 Å². The number of nitrogens with two attached hydrogens (primary N) is 2. The summed E-state index contributed by atoms with van der Waals surface area (Å²) in [4.78, 5) is 10.6. The molecule has 0 radical (unpaired) electrons. The number of benzene rings is 1. The number of carboxylic acid groups (broad SMARTS) is 1. The van der Waals surface area contributed by atoms with Gasteiger partial charge in [-0.15, -0.1) is 0 Å². The zero-order valence-electron chi connectivity index (χ0n) is 7.32. The Labute approximate surface area is 76.2 Å². The summed E-state index contributed by atoms with van der Waals surface area (Å²) in [5.74, 6) is -1.07. The van der Waals surface area contributed by atoms with Gasteiger partial charge in [0.15, 0.2) is 0 Å². The number of hydrogen-bond donors (Lipinski definition) is 3. The summed E-state index contributed by atoms with van der Waals surface area (Å²) in [5.41, 5.74) is 12.8. The highest BCUT2D eigenvalue weighted by Crippen LogP contribution is 2.22. The van der Waals surface area contributed by atoms with Crippen LogP contribution in [0.15, 0.2) is 18.2 Å². The number of anilines is 1. The van der Waals surface area contributed by atoms with Crippen LogP contribution in [-0.2, 0) is 4.79 Å². The smallest absolute Gasteiger partial charge is 0.325 e. The van der Waals surface area contributed by atoms with Crippen LogP contribution >= 0.6 is 0 Å². The molecule has 0 aliphatic rings. The van der Waals surface area contributed by atoms with Gasteiger partial charge >= 0.3 is 5.97 Å². The van der Waals surface area contributed by atoms with Gasteiger partial charge in [-0.2, -0.15) is 0 Å². The van der Waals surface area contributed by atoms with Crippen LogP contribution < -0.4 is 11.5 Å². The van der Waals surface area contributed by atoms with Crippen LogP contribution in [0.4, 0.5) is 5.69 Å². The second kappa shape index (κ2) is 3.45. The summed E-state index contributed by atoms with van der Waals surface area (Å²) >= 11 is 0. The molecule has 0 saturated carbocycles. The molecule has 1 atom stereocenters. The maximum atomic E-state index is 10.6. The van der Waals surface area contributed by atoms with Crippen molar-refractivity contribution in [2.45, 2.75) is 13.0 Å². The summed E-state index contributed by atoms with van der Waals surface area (Å²) in [5, 5.41) is 8.70. The van der Waals surface area contributed by atoms with Crippen LogP contribution in [0.25, 0.3) is 0 Å². The minimum Gasteiger partial charge on any atom is -0.480 e. The Bertz CT molecular complexity index is 316. The summed E-state index contributed by atoms with van der Waals surface area (Å²) in [6, 6.07) is 4.16. The maximum absolute atomic E-state index is 10.6. The van der Waals surface area contributed by atoms with Crippen LogP contribution in [0.5, 0.6) is 0 Å². The summed E-state index contributed by atoms with van der Waals surface area (Å²) in [7, 11) is 0.